The molecule has 0 aliphatic heterocycles. The second-order valence-corrected chi connectivity index (χ2v) is 6.95. The molecule has 0 bridgehead atoms. The Balaban J connectivity index is 2.06. The first-order valence-electron chi connectivity index (χ1n) is 8.89. The van der Waals surface area contributed by atoms with Gasteiger partial charge in [-0.1, -0.05) is 41.4 Å². The zero-order valence-electron chi connectivity index (χ0n) is 15.8. The number of nitrogens with two attached hydrogens (primary N) is 1. The van der Waals surface area contributed by atoms with Crippen LogP contribution in [0.1, 0.15) is 31.0 Å². The van der Waals surface area contributed by atoms with Crippen molar-refractivity contribution >= 4 is 35.1 Å². The highest BCUT2D eigenvalue weighted by molar-refractivity contribution is 6.42. The maximum absolute atomic E-state index is 10.8. The van der Waals surface area contributed by atoms with E-state index in [1.165, 1.54) is 0 Å². The van der Waals surface area contributed by atoms with Crippen LogP contribution in [0.3, 0.4) is 0 Å². The van der Waals surface area contributed by atoms with Gasteiger partial charge in [0.1, 0.15) is 5.75 Å². The number of amides is 1. The highest BCUT2D eigenvalue weighted by Gasteiger charge is 2.10. The molecule has 150 valence electrons. The first-order valence-corrected chi connectivity index (χ1v) is 9.64. The smallest absolute Gasteiger partial charge is 0.255 e. The van der Waals surface area contributed by atoms with E-state index in [1.807, 2.05) is 44.2 Å². The summed E-state index contributed by atoms with van der Waals surface area (Å²) in [6.07, 6.45) is 0. The average Bonchev–Trinajstić information content (AvgIpc) is 2.67. The Labute approximate surface area is 175 Å². The Morgan fingerprint density at radius 2 is 2.00 bits per heavy atom. The molecule has 1 amide bonds. The standard InChI is InChI=1S/C20H24Cl2N4O2/c1-3-24-20(26-13(2)15-7-8-17(21)18(22)10-15)25-11-14-5-4-6-16(9-14)28-12-19(23)27/h4-10,13H,3,11-12H2,1-2H3,(H2,23,27)(H2,24,25,26). The van der Waals surface area contributed by atoms with Crippen molar-refractivity contribution in [3.8, 4) is 5.75 Å². The van der Waals surface area contributed by atoms with Gasteiger partial charge in [-0.05, 0) is 49.2 Å². The summed E-state index contributed by atoms with van der Waals surface area (Å²) < 4.78 is 5.33. The van der Waals surface area contributed by atoms with Crippen molar-refractivity contribution in [2.45, 2.75) is 26.4 Å². The molecule has 2 rings (SSSR count). The van der Waals surface area contributed by atoms with Crippen LogP contribution < -0.4 is 21.1 Å². The molecule has 1 unspecified atom stereocenters. The quantitative estimate of drug-likeness (QED) is 0.447. The van der Waals surface area contributed by atoms with E-state index in [-0.39, 0.29) is 12.6 Å². The lowest BCUT2D eigenvalue weighted by Gasteiger charge is -2.18. The molecule has 0 aromatic heterocycles. The summed E-state index contributed by atoms with van der Waals surface area (Å²) in [5.41, 5.74) is 7.05. The number of aliphatic imine (C=N–C) groups is 1. The number of carbonyl (C=O) groups excluding carboxylic acids is 1. The monoisotopic (exact) mass is 422 g/mol. The molecule has 0 saturated carbocycles. The van der Waals surface area contributed by atoms with Gasteiger partial charge >= 0.3 is 0 Å². The van der Waals surface area contributed by atoms with Crippen LogP contribution in [0.2, 0.25) is 10.0 Å². The Bertz CT molecular complexity index is 843. The lowest BCUT2D eigenvalue weighted by atomic mass is 10.1. The minimum Gasteiger partial charge on any atom is -0.484 e. The average molecular weight is 423 g/mol. The summed E-state index contributed by atoms with van der Waals surface area (Å²) in [4.78, 5) is 15.5. The van der Waals surface area contributed by atoms with Crippen molar-refractivity contribution in [2.75, 3.05) is 13.2 Å². The molecule has 6 nitrogen and oxygen atoms in total. The fourth-order valence-electron chi connectivity index (χ4n) is 2.45. The third kappa shape index (κ3) is 6.94. The number of halogens is 2. The number of ether oxygens (including phenoxy) is 1. The molecule has 0 fully saturated rings. The second-order valence-electron chi connectivity index (χ2n) is 6.14. The fraction of sp³-hybridized carbons (Fsp3) is 0.300. The summed E-state index contributed by atoms with van der Waals surface area (Å²) in [6, 6.07) is 12.9. The summed E-state index contributed by atoms with van der Waals surface area (Å²) in [5.74, 6) is 0.733. The van der Waals surface area contributed by atoms with Gasteiger partial charge in [-0.25, -0.2) is 4.99 Å². The van der Waals surface area contributed by atoms with Crippen LogP contribution in [0, 0.1) is 0 Å². The van der Waals surface area contributed by atoms with Crippen LogP contribution in [-0.2, 0) is 11.3 Å². The molecule has 0 saturated heterocycles. The second kappa shape index (κ2) is 10.8. The van der Waals surface area contributed by atoms with Gasteiger partial charge in [0.2, 0.25) is 0 Å². The Kier molecular flexibility index (Phi) is 8.42. The van der Waals surface area contributed by atoms with Gasteiger partial charge in [-0.15, -0.1) is 0 Å². The molecule has 0 heterocycles. The van der Waals surface area contributed by atoms with E-state index in [2.05, 4.69) is 15.6 Å². The van der Waals surface area contributed by atoms with Gasteiger partial charge in [0.05, 0.1) is 22.6 Å². The lowest BCUT2D eigenvalue weighted by Crippen LogP contribution is -2.38. The van der Waals surface area contributed by atoms with E-state index in [0.717, 1.165) is 17.7 Å². The van der Waals surface area contributed by atoms with E-state index in [1.54, 1.807) is 12.1 Å². The SMILES string of the molecule is CCNC(=NCc1cccc(OCC(N)=O)c1)NC(C)c1ccc(Cl)c(Cl)c1. The topological polar surface area (TPSA) is 88.7 Å². The predicted octanol–water partition coefficient (Wildman–Crippen LogP) is 3.67. The molecule has 1 atom stereocenters. The van der Waals surface area contributed by atoms with Crippen molar-refractivity contribution in [1.29, 1.82) is 0 Å². The number of nitrogens with zero attached hydrogens (tertiary/aromatic N) is 1. The number of carbonyl (C=O) groups is 1. The number of rotatable bonds is 8. The molecule has 8 heteroatoms. The van der Waals surface area contributed by atoms with Crippen molar-refractivity contribution in [3.63, 3.8) is 0 Å². The molecule has 2 aromatic rings. The molecule has 4 N–H and O–H groups in total. The van der Waals surface area contributed by atoms with Crippen molar-refractivity contribution < 1.29 is 9.53 Å². The zero-order valence-corrected chi connectivity index (χ0v) is 17.3. The van der Waals surface area contributed by atoms with Gasteiger partial charge in [0.15, 0.2) is 12.6 Å². The van der Waals surface area contributed by atoms with Crippen LogP contribution in [0.25, 0.3) is 0 Å². The van der Waals surface area contributed by atoms with E-state index < -0.39 is 5.91 Å². The number of nitrogens with one attached hydrogen (secondary N) is 2. The minimum absolute atomic E-state index is 0.0159. The van der Waals surface area contributed by atoms with Crippen molar-refractivity contribution in [2.24, 2.45) is 10.7 Å². The molecule has 28 heavy (non-hydrogen) atoms. The maximum atomic E-state index is 10.8. The van der Waals surface area contributed by atoms with E-state index >= 15 is 0 Å². The molecular weight excluding hydrogens is 399 g/mol. The van der Waals surface area contributed by atoms with Crippen LogP contribution >= 0.6 is 23.2 Å². The van der Waals surface area contributed by atoms with Crippen LogP contribution in [0.5, 0.6) is 5.75 Å². The first kappa shape index (κ1) is 21.9. The van der Waals surface area contributed by atoms with Crippen LogP contribution in [0.15, 0.2) is 47.5 Å². The number of benzene rings is 2. The molecule has 0 aliphatic rings. The van der Waals surface area contributed by atoms with Crippen molar-refractivity contribution in [3.05, 3.63) is 63.6 Å². The Morgan fingerprint density at radius 3 is 2.68 bits per heavy atom. The zero-order chi connectivity index (χ0) is 20.5. The van der Waals surface area contributed by atoms with Crippen LogP contribution in [-0.4, -0.2) is 25.0 Å². The normalized spacial score (nSPS) is 12.4. The fourth-order valence-corrected chi connectivity index (χ4v) is 2.76. The van der Waals surface area contributed by atoms with Gasteiger partial charge in [-0.3, -0.25) is 4.79 Å². The summed E-state index contributed by atoms with van der Waals surface area (Å²) >= 11 is 12.1. The first-order chi connectivity index (χ1) is 13.4. The van der Waals surface area contributed by atoms with Gasteiger partial charge < -0.3 is 21.1 Å². The minimum atomic E-state index is -0.515. The summed E-state index contributed by atoms with van der Waals surface area (Å²) in [7, 11) is 0. The largest absolute Gasteiger partial charge is 0.484 e. The summed E-state index contributed by atoms with van der Waals surface area (Å²) in [6.45, 7) is 5.03. The molecule has 0 radical (unpaired) electrons. The van der Waals surface area contributed by atoms with E-state index in [4.69, 9.17) is 33.7 Å². The third-order valence-corrected chi connectivity index (χ3v) is 4.58. The number of primary amides is 1. The molecule has 2 aromatic carbocycles. The van der Waals surface area contributed by atoms with Crippen LogP contribution in [0.4, 0.5) is 0 Å². The van der Waals surface area contributed by atoms with E-state index in [9.17, 15) is 4.79 Å². The lowest BCUT2D eigenvalue weighted by molar-refractivity contribution is -0.119. The molecular formula is C20H24Cl2N4O2. The van der Waals surface area contributed by atoms with Gasteiger partial charge in [0.25, 0.3) is 5.91 Å². The summed E-state index contributed by atoms with van der Waals surface area (Å²) in [5, 5.41) is 7.61. The molecule has 0 spiro atoms. The molecule has 0 aliphatic carbocycles. The number of guanidine groups is 1. The Hall–Kier alpha value is -2.44. The Morgan fingerprint density at radius 1 is 1.21 bits per heavy atom. The third-order valence-electron chi connectivity index (χ3n) is 3.84. The van der Waals surface area contributed by atoms with Crippen molar-refractivity contribution in [1.82, 2.24) is 10.6 Å². The number of hydrogen-bond acceptors (Lipinski definition) is 3. The van der Waals surface area contributed by atoms with Gasteiger partial charge in [-0.2, -0.15) is 0 Å². The maximum Gasteiger partial charge on any atom is 0.255 e. The predicted molar refractivity (Wildman–Crippen MR) is 114 cm³/mol. The number of hydrogen-bond donors (Lipinski definition) is 3. The highest BCUT2D eigenvalue weighted by Crippen LogP contribution is 2.25. The van der Waals surface area contributed by atoms with E-state index in [0.29, 0.717) is 28.3 Å². The van der Waals surface area contributed by atoms with Gasteiger partial charge in [0, 0.05) is 6.54 Å². The highest BCUT2D eigenvalue weighted by atomic mass is 35.5.